The molecule has 0 aromatic heterocycles. The zero-order valence-electron chi connectivity index (χ0n) is 15.1. The fourth-order valence-corrected chi connectivity index (χ4v) is 3.63. The number of ether oxygens (including phenoxy) is 2. The average Bonchev–Trinajstić information content (AvgIpc) is 2.61. The summed E-state index contributed by atoms with van der Waals surface area (Å²) in [7, 11) is 1.40. The molecule has 0 heterocycles. The van der Waals surface area contributed by atoms with Crippen molar-refractivity contribution < 1.29 is 23.9 Å². The summed E-state index contributed by atoms with van der Waals surface area (Å²) in [6.07, 6.45) is 4.13. The fraction of sp³-hybridized carbons (Fsp3) is 0.500. The maximum absolute atomic E-state index is 12.0. The van der Waals surface area contributed by atoms with E-state index in [0.717, 1.165) is 25.7 Å². The Morgan fingerprint density at radius 1 is 1.15 bits per heavy atom. The minimum absolute atomic E-state index is 0.0395. The number of halogens is 2. The highest BCUT2D eigenvalue weighted by Crippen LogP contribution is 2.34. The number of hydrogen-bond donors (Lipinski definition) is 2. The van der Waals surface area contributed by atoms with Crippen molar-refractivity contribution in [2.24, 2.45) is 5.92 Å². The quantitative estimate of drug-likeness (QED) is 0.715. The smallest absolute Gasteiger partial charge is 0.338 e. The highest BCUT2D eigenvalue weighted by Gasteiger charge is 2.23. The zero-order chi connectivity index (χ0) is 20.0. The van der Waals surface area contributed by atoms with Crippen LogP contribution < -0.4 is 15.4 Å². The van der Waals surface area contributed by atoms with Crippen LogP contribution in [-0.2, 0) is 9.53 Å². The molecule has 148 valence electrons. The predicted octanol–water partition coefficient (Wildman–Crippen LogP) is 3.56. The molecular formula is C18H22Cl2N2O5. The number of rotatable bonds is 5. The van der Waals surface area contributed by atoms with Crippen LogP contribution in [0.1, 0.15) is 43.0 Å². The van der Waals surface area contributed by atoms with Gasteiger partial charge < -0.3 is 14.8 Å². The minimum Gasteiger partial charge on any atom is -0.494 e. The van der Waals surface area contributed by atoms with Gasteiger partial charge in [-0.1, -0.05) is 43.0 Å². The second kappa shape index (κ2) is 9.80. The number of amides is 3. The number of methoxy groups -OCH3 is 1. The number of carbonyl (C=O) groups is 3. The van der Waals surface area contributed by atoms with E-state index in [2.05, 4.69) is 17.6 Å². The summed E-state index contributed by atoms with van der Waals surface area (Å²) < 4.78 is 9.89. The van der Waals surface area contributed by atoms with Crippen LogP contribution in [0.2, 0.25) is 10.0 Å². The molecule has 3 amide bonds. The third-order valence-electron chi connectivity index (χ3n) is 4.45. The van der Waals surface area contributed by atoms with Crippen LogP contribution in [0.3, 0.4) is 0 Å². The molecule has 1 aromatic rings. The summed E-state index contributed by atoms with van der Waals surface area (Å²) in [4.78, 5) is 35.8. The molecule has 1 aliphatic rings. The molecule has 0 aliphatic heterocycles. The number of urea groups is 1. The lowest BCUT2D eigenvalue weighted by Gasteiger charge is -2.29. The van der Waals surface area contributed by atoms with E-state index in [4.69, 9.17) is 32.7 Å². The molecule has 9 heteroatoms. The van der Waals surface area contributed by atoms with E-state index in [0.29, 0.717) is 5.92 Å². The van der Waals surface area contributed by atoms with Crippen LogP contribution in [0.5, 0.6) is 5.75 Å². The maximum Gasteiger partial charge on any atom is 0.338 e. The number of carbonyl (C=O) groups excluding carboxylic acids is 3. The van der Waals surface area contributed by atoms with E-state index in [-0.39, 0.29) is 27.4 Å². The second-order valence-corrected chi connectivity index (χ2v) is 7.25. The first kappa shape index (κ1) is 21.3. The molecule has 2 rings (SSSR count). The molecular weight excluding hydrogens is 395 g/mol. The number of esters is 1. The molecule has 0 bridgehead atoms. The van der Waals surface area contributed by atoms with Gasteiger partial charge in [0, 0.05) is 6.04 Å². The van der Waals surface area contributed by atoms with Gasteiger partial charge in [-0.3, -0.25) is 10.1 Å². The molecule has 1 aromatic carbocycles. The van der Waals surface area contributed by atoms with Gasteiger partial charge in [-0.15, -0.1) is 0 Å². The first-order valence-corrected chi connectivity index (χ1v) is 9.38. The van der Waals surface area contributed by atoms with Gasteiger partial charge in [-0.05, 0) is 30.9 Å². The average molecular weight is 417 g/mol. The van der Waals surface area contributed by atoms with E-state index in [1.165, 1.54) is 19.2 Å². The molecule has 0 spiro atoms. The topological polar surface area (TPSA) is 93.7 Å². The van der Waals surface area contributed by atoms with Gasteiger partial charge in [-0.25, -0.2) is 9.59 Å². The van der Waals surface area contributed by atoms with E-state index >= 15 is 0 Å². The zero-order valence-corrected chi connectivity index (χ0v) is 16.7. The predicted molar refractivity (Wildman–Crippen MR) is 101 cm³/mol. The van der Waals surface area contributed by atoms with Gasteiger partial charge in [0.15, 0.2) is 12.4 Å². The fourth-order valence-electron chi connectivity index (χ4n) is 2.99. The number of nitrogens with one attached hydrogen (secondary N) is 2. The molecule has 1 saturated carbocycles. The van der Waals surface area contributed by atoms with Crippen LogP contribution in [0, 0.1) is 5.92 Å². The normalized spacial score (nSPS) is 19.1. The molecule has 7 nitrogen and oxygen atoms in total. The summed E-state index contributed by atoms with van der Waals surface area (Å²) in [5, 5.41) is 5.23. The van der Waals surface area contributed by atoms with Gasteiger partial charge in [-0.2, -0.15) is 0 Å². The first-order chi connectivity index (χ1) is 12.8. The standard InChI is InChI=1S/C18H22Cl2N2O5/c1-10-5-3-4-6-14(10)21-18(25)22-15(23)9-27-17(24)11-7-12(19)16(26-2)13(20)8-11/h7-8,10,14H,3-6,9H2,1-2H3,(H2,21,22,23,25)/t10-,14+/m1/s1. The van der Waals surface area contributed by atoms with Crippen LogP contribution in [0.25, 0.3) is 0 Å². The number of hydrogen-bond acceptors (Lipinski definition) is 5. The van der Waals surface area contributed by atoms with Crippen molar-refractivity contribution in [2.45, 2.75) is 38.6 Å². The highest BCUT2D eigenvalue weighted by molar-refractivity contribution is 6.37. The molecule has 2 N–H and O–H groups in total. The molecule has 0 radical (unpaired) electrons. The number of imide groups is 1. The van der Waals surface area contributed by atoms with Gasteiger partial charge in [0.05, 0.1) is 22.7 Å². The third kappa shape index (κ3) is 6.01. The summed E-state index contributed by atoms with van der Waals surface area (Å²) in [5.74, 6) is -0.920. The van der Waals surface area contributed by atoms with Gasteiger partial charge >= 0.3 is 12.0 Å². The highest BCUT2D eigenvalue weighted by atomic mass is 35.5. The number of benzene rings is 1. The first-order valence-electron chi connectivity index (χ1n) is 8.62. The monoisotopic (exact) mass is 416 g/mol. The van der Waals surface area contributed by atoms with Crippen molar-refractivity contribution in [3.05, 3.63) is 27.7 Å². The van der Waals surface area contributed by atoms with E-state index in [9.17, 15) is 14.4 Å². The Kier molecular flexibility index (Phi) is 7.74. The van der Waals surface area contributed by atoms with E-state index < -0.39 is 24.5 Å². The summed E-state index contributed by atoms with van der Waals surface area (Å²) >= 11 is 11.9. The lowest BCUT2D eigenvalue weighted by Crippen LogP contribution is -2.48. The molecule has 0 unspecified atom stereocenters. The van der Waals surface area contributed by atoms with Crippen molar-refractivity contribution >= 4 is 41.1 Å². The van der Waals surface area contributed by atoms with Crippen LogP contribution in [-0.4, -0.2) is 37.7 Å². The molecule has 1 fully saturated rings. The molecule has 1 aliphatic carbocycles. The maximum atomic E-state index is 12.0. The largest absolute Gasteiger partial charge is 0.494 e. The Labute approximate surface area is 167 Å². The molecule has 27 heavy (non-hydrogen) atoms. The van der Waals surface area contributed by atoms with Crippen LogP contribution in [0.4, 0.5) is 4.79 Å². The summed E-state index contributed by atoms with van der Waals surface area (Å²) in [5.41, 5.74) is 0.0686. The SMILES string of the molecule is COc1c(Cl)cc(C(=O)OCC(=O)NC(=O)N[C@H]2CCCC[C@H]2C)cc1Cl. The van der Waals surface area contributed by atoms with Crippen LogP contribution in [0.15, 0.2) is 12.1 Å². The Morgan fingerprint density at radius 2 is 1.78 bits per heavy atom. The van der Waals surface area contributed by atoms with Crippen LogP contribution >= 0.6 is 23.2 Å². The van der Waals surface area contributed by atoms with Crippen molar-refractivity contribution in [1.82, 2.24) is 10.6 Å². The Bertz CT molecular complexity index is 703. The van der Waals surface area contributed by atoms with Gasteiger partial charge in [0.25, 0.3) is 5.91 Å². The third-order valence-corrected chi connectivity index (χ3v) is 5.01. The van der Waals surface area contributed by atoms with Crippen molar-refractivity contribution in [3.8, 4) is 5.75 Å². The van der Waals surface area contributed by atoms with E-state index in [1.807, 2.05) is 0 Å². The van der Waals surface area contributed by atoms with Crippen molar-refractivity contribution in [2.75, 3.05) is 13.7 Å². The molecule has 2 atom stereocenters. The van der Waals surface area contributed by atoms with Gasteiger partial charge in [0.2, 0.25) is 0 Å². The Hall–Kier alpha value is -1.99. The lowest BCUT2D eigenvalue weighted by molar-refractivity contribution is -0.123. The van der Waals surface area contributed by atoms with Crippen molar-refractivity contribution in [3.63, 3.8) is 0 Å². The molecule has 0 saturated heterocycles. The Balaban J connectivity index is 1.82. The van der Waals surface area contributed by atoms with Gasteiger partial charge in [0.1, 0.15) is 0 Å². The van der Waals surface area contributed by atoms with Crippen molar-refractivity contribution in [1.29, 1.82) is 0 Å². The second-order valence-electron chi connectivity index (χ2n) is 6.44. The summed E-state index contributed by atoms with van der Waals surface area (Å²) in [6.45, 7) is 1.46. The summed E-state index contributed by atoms with van der Waals surface area (Å²) in [6, 6.07) is 2.09. The lowest BCUT2D eigenvalue weighted by atomic mass is 9.86. The van der Waals surface area contributed by atoms with E-state index in [1.54, 1.807) is 0 Å². The Morgan fingerprint density at radius 3 is 2.37 bits per heavy atom. The minimum atomic E-state index is -0.794.